The van der Waals surface area contributed by atoms with Crippen LogP contribution >= 0.6 is 24.8 Å². The molecule has 2 amide bonds. The molecule has 2 aromatic rings. The molecule has 0 saturated carbocycles. The van der Waals surface area contributed by atoms with E-state index in [0.717, 1.165) is 6.42 Å². The van der Waals surface area contributed by atoms with E-state index in [9.17, 15) is 9.59 Å². The highest BCUT2D eigenvalue weighted by Crippen LogP contribution is 2.21. The Morgan fingerprint density at radius 1 is 0.667 bits per heavy atom. The van der Waals surface area contributed by atoms with E-state index in [1.807, 2.05) is 0 Å². The van der Waals surface area contributed by atoms with E-state index in [4.69, 9.17) is 43.2 Å². The Kier molecular flexibility index (Phi) is 12.3. The number of amidine groups is 2. The van der Waals surface area contributed by atoms with E-state index in [1.54, 1.807) is 24.3 Å². The predicted molar refractivity (Wildman–Crippen MR) is 131 cm³/mol. The number of carbonyl (C=O) groups is 2. The smallest absolute Gasteiger partial charge is 0.252 e. The number of amides is 2. The molecule has 0 unspecified atom stereocenters. The monoisotopic (exact) mass is 498 g/mol. The van der Waals surface area contributed by atoms with Crippen molar-refractivity contribution in [3.63, 3.8) is 0 Å². The van der Waals surface area contributed by atoms with Crippen LogP contribution in [-0.4, -0.2) is 36.7 Å². The average Bonchev–Trinajstić information content (AvgIpc) is 2.72. The topological polar surface area (TPSA) is 204 Å². The molecular formula is C21H28Cl2N6O4. The molecule has 12 heteroatoms. The Morgan fingerprint density at radius 3 is 1.33 bits per heavy atom. The first-order valence-corrected chi connectivity index (χ1v) is 9.52. The second-order valence-corrected chi connectivity index (χ2v) is 6.74. The van der Waals surface area contributed by atoms with Gasteiger partial charge in [-0.25, -0.2) is 0 Å². The van der Waals surface area contributed by atoms with E-state index in [0.29, 0.717) is 48.7 Å². The van der Waals surface area contributed by atoms with Gasteiger partial charge in [-0.1, -0.05) is 0 Å². The van der Waals surface area contributed by atoms with Crippen LogP contribution in [0.15, 0.2) is 36.4 Å². The van der Waals surface area contributed by atoms with Gasteiger partial charge in [-0.05, 0) is 55.7 Å². The fourth-order valence-electron chi connectivity index (χ4n) is 2.78. The minimum absolute atomic E-state index is 0. The largest absolute Gasteiger partial charge is 0.493 e. The second-order valence-electron chi connectivity index (χ2n) is 6.74. The molecular weight excluding hydrogens is 471 g/mol. The third kappa shape index (κ3) is 8.51. The Balaban J connectivity index is 0.00000512. The van der Waals surface area contributed by atoms with Crippen LogP contribution in [0.2, 0.25) is 0 Å². The van der Waals surface area contributed by atoms with Gasteiger partial charge in [-0.15, -0.1) is 24.8 Å². The van der Waals surface area contributed by atoms with Crippen molar-refractivity contribution in [2.24, 2.45) is 22.9 Å². The molecule has 0 aromatic heterocycles. The average molecular weight is 499 g/mol. The highest BCUT2D eigenvalue weighted by Gasteiger charge is 2.13. The maximum atomic E-state index is 11.6. The number of carbonyl (C=O) groups excluding carboxylic acids is 2. The van der Waals surface area contributed by atoms with Gasteiger partial charge < -0.3 is 32.4 Å². The Bertz CT molecular complexity index is 937. The molecule has 33 heavy (non-hydrogen) atoms. The summed E-state index contributed by atoms with van der Waals surface area (Å²) in [5.74, 6) is -0.968. The zero-order valence-electron chi connectivity index (χ0n) is 17.8. The Hall–Kier alpha value is -3.50. The molecule has 0 aliphatic rings. The molecule has 180 valence electrons. The first-order chi connectivity index (χ1) is 14.7. The number of hydrogen-bond donors (Lipinski definition) is 6. The molecule has 0 aliphatic carbocycles. The molecule has 0 heterocycles. The first kappa shape index (κ1) is 29.5. The minimum atomic E-state index is -0.660. The van der Waals surface area contributed by atoms with E-state index in [2.05, 4.69) is 0 Å². The Morgan fingerprint density at radius 2 is 1.03 bits per heavy atom. The lowest BCUT2D eigenvalue weighted by Gasteiger charge is -2.12. The summed E-state index contributed by atoms with van der Waals surface area (Å²) < 4.78 is 11.3. The summed E-state index contributed by atoms with van der Waals surface area (Å²) in [5, 5.41) is 14.9. The van der Waals surface area contributed by atoms with Crippen molar-refractivity contribution < 1.29 is 19.1 Å². The lowest BCUT2D eigenvalue weighted by atomic mass is 10.1. The predicted octanol–water partition coefficient (Wildman–Crippen LogP) is 1.92. The van der Waals surface area contributed by atoms with Crippen LogP contribution in [0.4, 0.5) is 0 Å². The molecule has 0 spiro atoms. The zero-order chi connectivity index (χ0) is 23.0. The standard InChI is InChI=1S/C21H26N6O4.2ClH/c22-18(23)12-4-6-16(14(10-12)20(26)28)30-8-2-1-3-9-31-17-7-5-13(19(24)25)11-15(17)21(27)29;;/h4-7,10-11H,1-3,8-9H2,(H3,22,23)(H3,24,25)(H2,26,28)(H2,27,29);2*1H. The fraction of sp³-hybridized carbons (Fsp3) is 0.238. The maximum absolute atomic E-state index is 11.6. The summed E-state index contributed by atoms with van der Waals surface area (Å²) in [5.41, 5.74) is 22.7. The van der Waals surface area contributed by atoms with E-state index < -0.39 is 11.8 Å². The number of nitrogen functional groups attached to an aromatic ring is 2. The molecule has 0 radical (unpaired) electrons. The van der Waals surface area contributed by atoms with Crippen LogP contribution in [0.1, 0.15) is 51.1 Å². The lowest BCUT2D eigenvalue weighted by Crippen LogP contribution is -2.17. The molecule has 0 fully saturated rings. The van der Waals surface area contributed by atoms with Crippen LogP contribution in [0, 0.1) is 10.8 Å². The van der Waals surface area contributed by atoms with Gasteiger partial charge in [0.25, 0.3) is 11.8 Å². The van der Waals surface area contributed by atoms with Gasteiger partial charge in [0, 0.05) is 11.1 Å². The third-order valence-corrected chi connectivity index (χ3v) is 4.42. The minimum Gasteiger partial charge on any atom is -0.493 e. The number of ether oxygens (including phenoxy) is 2. The van der Waals surface area contributed by atoms with Gasteiger partial charge in [0.2, 0.25) is 0 Å². The quantitative estimate of drug-likeness (QED) is 0.146. The fourth-order valence-corrected chi connectivity index (χ4v) is 2.78. The molecule has 0 atom stereocenters. The first-order valence-electron chi connectivity index (χ1n) is 9.52. The number of hydrogen-bond acceptors (Lipinski definition) is 6. The van der Waals surface area contributed by atoms with Crippen molar-refractivity contribution in [2.75, 3.05) is 13.2 Å². The number of unbranched alkanes of at least 4 members (excludes halogenated alkanes) is 2. The van der Waals surface area contributed by atoms with Crippen molar-refractivity contribution in [3.8, 4) is 11.5 Å². The molecule has 10 N–H and O–H groups in total. The normalized spacial score (nSPS) is 9.70. The van der Waals surface area contributed by atoms with Gasteiger partial charge >= 0.3 is 0 Å². The number of nitrogens with two attached hydrogens (primary N) is 4. The second kappa shape index (κ2) is 13.8. The highest BCUT2D eigenvalue weighted by atomic mass is 35.5. The summed E-state index contributed by atoms with van der Waals surface area (Å²) in [6, 6.07) is 9.17. The van der Waals surface area contributed by atoms with Gasteiger partial charge in [-0.2, -0.15) is 0 Å². The maximum Gasteiger partial charge on any atom is 0.252 e. The van der Waals surface area contributed by atoms with Crippen LogP contribution < -0.4 is 32.4 Å². The van der Waals surface area contributed by atoms with Crippen LogP contribution in [0.5, 0.6) is 11.5 Å². The molecule has 10 nitrogen and oxygen atoms in total. The van der Waals surface area contributed by atoms with Crippen LogP contribution in [-0.2, 0) is 0 Å². The number of halogens is 2. The van der Waals surface area contributed by atoms with E-state index >= 15 is 0 Å². The van der Waals surface area contributed by atoms with Crippen molar-refractivity contribution in [3.05, 3.63) is 58.7 Å². The number of primary amides is 2. The molecule has 0 saturated heterocycles. The number of benzene rings is 2. The van der Waals surface area contributed by atoms with E-state index in [1.165, 1.54) is 12.1 Å². The molecule has 2 aromatic carbocycles. The summed E-state index contributed by atoms with van der Waals surface area (Å²) in [7, 11) is 0. The zero-order valence-corrected chi connectivity index (χ0v) is 19.4. The van der Waals surface area contributed by atoms with Gasteiger partial charge in [0.1, 0.15) is 23.2 Å². The summed E-state index contributed by atoms with van der Waals surface area (Å²) in [6.45, 7) is 0.721. The van der Waals surface area contributed by atoms with Crippen molar-refractivity contribution in [2.45, 2.75) is 19.3 Å². The molecule has 0 bridgehead atoms. The number of nitrogens with one attached hydrogen (secondary N) is 2. The van der Waals surface area contributed by atoms with Gasteiger partial charge in [0.05, 0.1) is 24.3 Å². The molecule has 0 aliphatic heterocycles. The lowest BCUT2D eigenvalue weighted by molar-refractivity contribution is 0.0988. The van der Waals surface area contributed by atoms with Crippen molar-refractivity contribution in [1.82, 2.24) is 0 Å². The van der Waals surface area contributed by atoms with Gasteiger partial charge in [0.15, 0.2) is 0 Å². The van der Waals surface area contributed by atoms with E-state index in [-0.39, 0.29) is 47.6 Å². The van der Waals surface area contributed by atoms with Crippen molar-refractivity contribution in [1.29, 1.82) is 10.8 Å². The van der Waals surface area contributed by atoms with Crippen LogP contribution in [0.3, 0.4) is 0 Å². The highest BCUT2D eigenvalue weighted by molar-refractivity contribution is 6.02. The van der Waals surface area contributed by atoms with Crippen LogP contribution in [0.25, 0.3) is 0 Å². The summed E-state index contributed by atoms with van der Waals surface area (Å²) in [4.78, 5) is 23.2. The van der Waals surface area contributed by atoms with Gasteiger partial charge in [-0.3, -0.25) is 20.4 Å². The third-order valence-electron chi connectivity index (χ3n) is 4.42. The number of rotatable bonds is 12. The molecule has 2 rings (SSSR count). The SMILES string of the molecule is Cl.Cl.N=C(N)c1ccc(OCCCCCOc2ccc(C(=N)N)cc2C(N)=O)c(C(N)=O)c1. The summed E-state index contributed by atoms with van der Waals surface area (Å²) in [6.07, 6.45) is 2.17. The van der Waals surface area contributed by atoms with Crippen molar-refractivity contribution >= 4 is 48.3 Å². The Labute approximate surface area is 203 Å². The summed E-state index contributed by atoms with van der Waals surface area (Å²) >= 11 is 0.